The van der Waals surface area contributed by atoms with Crippen LogP contribution in [0.4, 0.5) is 0 Å². The van der Waals surface area contributed by atoms with Crippen LogP contribution in [0.5, 0.6) is 0 Å². The Morgan fingerprint density at radius 2 is 1.86 bits per heavy atom. The van der Waals surface area contributed by atoms with Gasteiger partial charge in [0.25, 0.3) is 0 Å². The zero-order valence-electron chi connectivity index (χ0n) is 11.6. The first kappa shape index (κ1) is 14.4. The van der Waals surface area contributed by atoms with Gasteiger partial charge in [-0.15, -0.1) is 0 Å². The fraction of sp³-hybridized carbons (Fsp3) is 0.0588. The highest BCUT2D eigenvalue weighted by atomic mass is 35.5. The Balaban J connectivity index is 2.54. The van der Waals surface area contributed by atoms with Gasteiger partial charge < -0.3 is 9.52 Å². The average molecular weight is 315 g/mol. The van der Waals surface area contributed by atoms with Crippen LogP contribution in [0.15, 0.2) is 51.7 Å². The van der Waals surface area contributed by atoms with Crippen molar-refractivity contribution in [1.82, 2.24) is 0 Å². The SMILES string of the molecule is Cc1cc2c(-c3ccccc3)c(C(=O)O)c(=O)oc2cc1Cl. The van der Waals surface area contributed by atoms with Crippen LogP contribution in [-0.4, -0.2) is 11.1 Å². The van der Waals surface area contributed by atoms with E-state index in [0.29, 0.717) is 21.5 Å². The molecule has 1 aromatic heterocycles. The van der Waals surface area contributed by atoms with Crippen LogP contribution >= 0.6 is 11.6 Å². The van der Waals surface area contributed by atoms with Crippen LogP contribution in [-0.2, 0) is 0 Å². The van der Waals surface area contributed by atoms with Crippen LogP contribution in [0.1, 0.15) is 15.9 Å². The smallest absolute Gasteiger partial charge is 0.351 e. The van der Waals surface area contributed by atoms with E-state index >= 15 is 0 Å². The summed E-state index contributed by atoms with van der Waals surface area (Å²) in [6, 6.07) is 12.2. The number of fused-ring (bicyclic) bond motifs is 1. The van der Waals surface area contributed by atoms with Gasteiger partial charge in [0.15, 0.2) is 5.56 Å². The minimum atomic E-state index is -1.32. The number of carboxylic acid groups (broad SMARTS) is 1. The molecule has 0 saturated carbocycles. The molecule has 0 bridgehead atoms. The van der Waals surface area contributed by atoms with Gasteiger partial charge in [-0.1, -0.05) is 41.9 Å². The van der Waals surface area contributed by atoms with Crippen molar-refractivity contribution >= 4 is 28.5 Å². The second-order valence-corrected chi connectivity index (χ2v) is 5.32. The van der Waals surface area contributed by atoms with E-state index in [-0.39, 0.29) is 11.1 Å². The standard InChI is InChI=1S/C17H11ClO4/c1-9-7-11-13(8-12(9)18)22-17(21)15(16(19)20)14(11)10-5-3-2-4-6-10/h2-8H,1H3,(H,19,20). The predicted octanol–water partition coefficient (Wildman–Crippen LogP) is 4.12. The Morgan fingerprint density at radius 3 is 2.50 bits per heavy atom. The Hall–Kier alpha value is -2.59. The van der Waals surface area contributed by atoms with E-state index in [4.69, 9.17) is 16.0 Å². The minimum Gasteiger partial charge on any atom is -0.477 e. The molecule has 3 aromatic rings. The molecule has 0 radical (unpaired) electrons. The van der Waals surface area contributed by atoms with E-state index in [1.807, 2.05) is 13.0 Å². The number of aryl methyl sites for hydroxylation is 1. The molecular formula is C17H11ClO4. The Morgan fingerprint density at radius 1 is 1.18 bits per heavy atom. The summed E-state index contributed by atoms with van der Waals surface area (Å²) in [6.07, 6.45) is 0. The highest BCUT2D eigenvalue weighted by molar-refractivity contribution is 6.32. The maximum absolute atomic E-state index is 12.1. The summed E-state index contributed by atoms with van der Waals surface area (Å²) in [6.45, 7) is 1.81. The third-order valence-corrected chi connectivity index (χ3v) is 3.87. The molecule has 0 aliphatic carbocycles. The van der Waals surface area contributed by atoms with Crippen LogP contribution in [0.2, 0.25) is 5.02 Å². The summed E-state index contributed by atoms with van der Waals surface area (Å²) >= 11 is 6.06. The van der Waals surface area contributed by atoms with E-state index in [1.165, 1.54) is 6.07 Å². The molecule has 2 aromatic carbocycles. The number of benzene rings is 2. The van der Waals surface area contributed by atoms with Gasteiger partial charge in [-0.2, -0.15) is 0 Å². The molecule has 0 unspecified atom stereocenters. The van der Waals surface area contributed by atoms with Gasteiger partial charge in [0.05, 0.1) is 0 Å². The molecule has 0 aliphatic heterocycles. The second kappa shape index (κ2) is 5.31. The normalized spacial score (nSPS) is 10.8. The topological polar surface area (TPSA) is 67.5 Å². The Bertz CT molecular complexity index is 942. The van der Waals surface area contributed by atoms with Gasteiger partial charge in [-0.05, 0) is 24.1 Å². The molecule has 22 heavy (non-hydrogen) atoms. The van der Waals surface area contributed by atoms with Crippen molar-refractivity contribution in [2.45, 2.75) is 6.92 Å². The molecule has 0 aliphatic rings. The molecule has 5 heteroatoms. The molecule has 0 saturated heterocycles. The minimum absolute atomic E-state index is 0.268. The Kier molecular flexibility index (Phi) is 3.47. The number of rotatable bonds is 2. The first-order chi connectivity index (χ1) is 10.5. The molecule has 110 valence electrons. The van der Waals surface area contributed by atoms with Crippen molar-refractivity contribution < 1.29 is 14.3 Å². The van der Waals surface area contributed by atoms with Gasteiger partial charge in [0.1, 0.15) is 5.58 Å². The van der Waals surface area contributed by atoms with Gasteiger partial charge in [-0.3, -0.25) is 0 Å². The number of carboxylic acids is 1. The van der Waals surface area contributed by atoms with Crippen LogP contribution in [0.3, 0.4) is 0 Å². The number of halogens is 1. The highest BCUT2D eigenvalue weighted by Gasteiger charge is 2.22. The number of aromatic carboxylic acids is 1. The van der Waals surface area contributed by atoms with Crippen LogP contribution in [0, 0.1) is 6.92 Å². The predicted molar refractivity (Wildman–Crippen MR) is 84.6 cm³/mol. The van der Waals surface area contributed by atoms with E-state index in [1.54, 1.807) is 30.3 Å². The zero-order valence-corrected chi connectivity index (χ0v) is 12.3. The number of hydrogen-bond donors (Lipinski definition) is 1. The van der Waals surface area contributed by atoms with Gasteiger partial charge in [0.2, 0.25) is 0 Å². The van der Waals surface area contributed by atoms with E-state index in [0.717, 1.165) is 5.56 Å². The molecule has 3 rings (SSSR count). The highest BCUT2D eigenvalue weighted by Crippen LogP contribution is 2.33. The van der Waals surface area contributed by atoms with Crippen molar-refractivity contribution in [2.24, 2.45) is 0 Å². The number of hydrogen-bond acceptors (Lipinski definition) is 3. The quantitative estimate of drug-likeness (QED) is 0.722. The maximum Gasteiger partial charge on any atom is 0.351 e. The zero-order chi connectivity index (χ0) is 15.9. The molecule has 1 heterocycles. The van der Waals surface area contributed by atoms with Crippen LogP contribution < -0.4 is 5.63 Å². The fourth-order valence-electron chi connectivity index (χ4n) is 2.43. The number of carbonyl (C=O) groups is 1. The third-order valence-electron chi connectivity index (χ3n) is 3.46. The summed E-state index contributed by atoms with van der Waals surface area (Å²) in [7, 11) is 0. The lowest BCUT2D eigenvalue weighted by atomic mass is 9.96. The van der Waals surface area contributed by atoms with Crippen LogP contribution in [0.25, 0.3) is 22.1 Å². The monoisotopic (exact) mass is 314 g/mol. The molecule has 0 fully saturated rings. The average Bonchev–Trinajstić information content (AvgIpc) is 2.48. The third kappa shape index (κ3) is 2.27. The summed E-state index contributed by atoms with van der Waals surface area (Å²) in [5.41, 5.74) is 0.763. The first-order valence-corrected chi connectivity index (χ1v) is 6.92. The van der Waals surface area contributed by atoms with Gasteiger partial charge in [0, 0.05) is 22.0 Å². The summed E-state index contributed by atoms with van der Waals surface area (Å²) < 4.78 is 5.13. The summed E-state index contributed by atoms with van der Waals surface area (Å²) in [4.78, 5) is 23.6. The second-order valence-electron chi connectivity index (χ2n) is 4.91. The summed E-state index contributed by atoms with van der Waals surface area (Å²) in [5.74, 6) is -1.32. The van der Waals surface area contributed by atoms with Gasteiger partial charge in [-0.25, -0.2) is 9.59 Å². The van der Waals surface area contributed by atoms with Crippen molar-refractivity contribution in [2.75, 3.05) is 0 Å². The molecule has 0 atom stereocenters. The largest absolute Gasteiger partial charge is 0.477 e. The fourth-order valence-corrected chi connectivity index (χ4v) is 2.58. The first-order valence-electron chi connectivity index (χ1n) is 6.54. The molecular weight excluding hydrogens is 304 g/mol. The van der Waals surface area contributed by atoms with E-state index in [2.05, 4.69) is 0 Å². The van der Waals surface area contributed by atoms with E-state index in [9.17, 15) is 14.7 Å². The maximum atomic E-state index is 12.1. The summed E-state index contributed by atoms with van der Waals surface area (Å²) in [5, 5.41) is 10.4. The van der Waals surface area contributed by atoms with Crippen molar-refractivity contribution in [3.8, 4) is 11.1 Å². The van der Waals surface area contributed by atoms with Crippen molar-refractivity contribution in [3.63, 3.8) is 0 Å². The van der Waals surface area contributed by atoms with Crippen molar-refractivity contribution in [3.05, 3.63) is 69.0 Å². The lowest BCUT2D eigenvalue weighted by Crippen LogP contribution is -2.15. The van der Waals surface area contributed by atoms with E-state index < -0.39 is 11.6 Å². The van der Waals surface area contributed by atoms with Gasteiger partial charge >= 0.3 is 11.6 Å². The Labute approximate surface area is 130 Å². The molecule has 1 N–H and O–H groups in total. The lowest BCUT2D eigenvalue weighted by Gasteiger charge is -2.10. The van der Waals surface area contributed by atoms with Crippen molar-refractivity contribution in [1.29, 1.82) is 0 Å². The molecule has 0 amide bonds. The molecule has 4 nitrogen and oxygen atoms in total. The lowest BCUT2D eigenvalue weighted by molar-refractivity contribution is 0.0693. The molecule has 0 spiro atoms.